The molecule has 6 heteroatoms. The molecule has 1 fully saturated rings. The predicted molar refractivity (Wildman–Crippen MR) is 78.7 cm³/mol. The number of thiazole rings is 1. The highest BCUT2D eigenvalue weighted by molar-refractivity contribution is 7.15. The van der Waals surface area contributed by atoms with Gasteiger partial charge in [-0.05, 0) is 19.9 Å². The summed E-state index contributed by atoms with van der Waals surface area (Å²) in [5.74, 6) is 0.136. The molecule has 0 spiro atoms. The number of aromatic nitrogens is 1. The molecule has 19 heavy (non-hydrogen) atoms. The smallest absolute Gasteiger partial charge is 0.221 e. The highest BCUT2D eigenvalue weighted by atomic mass is 32.1. The fraction of sp³-hybridized carbons (Fsp3) is 0.692. The van der Waals surface area contributed by atoms with E-state index in [0.717, 1.165) is 31.2 Å². The normalized spacial score (nSPS) is 18.0. The van der Waals surface area contributed by atoms with Gasteiger partial charge in [-0.15, -0.1) is 11.3 Å². The van der Waals surface area contributed by atoms with E-state index >= 15 is 0 Å². The lowest BCUT2D eigenvalue weighted by atomic mass is 10.3. The van der Waals surface area contributed by atoms with Gasteiger partial charge in [-0.25, -0.2) is 4.98 Å². The average Bonchev–Trinajstić information content (AvgIpc) is 2.80. The highest BCUT2D eigenvalue weighted by Crippen LogP contribution is 2.27. The van der Waals surface area contributed by atoms with E-state index in [1.54, 1.807) is 11.3 Å². The second-order valence-electron chi connectivity index (χ2n) is 4.81. The van der Waals surface area contributed by atoms with Gasteiger partial charge in [-0.2, -0.15) is 0 Å². The summed E-state index contributed by atoms with van der Waals surface area (Å²) < 4.78 is 0. The Bertz CT molecular complexity index is 421. The van der Waals surface area contributed by atoms with Gasteiger partial charge in [-0.1, -0.05) is 6.92 Å². The van der Waals surface area contributed by atoms with Crippen molar-refractivity contribution in [2.45, 2.75) is 32.7 Å². The third-order valence-electron chi connectivity index (χ3n) is 3.22. The van der Waals surface area contributed by atoms with E-state index in [0.29, 0.717) is 19.0 Å². The van der Waals surface area contributed by atoms with Crippen LogP contribution in [0.4, 0.5) is 5.13 Å². The molecule has 2 heterocycles. The number of rotatable bonds is 5. The predicted octanol–water partition coefficient (Wildman–Crippen LogP) is 1.53. The third-order valence-corrected chi connectivity index (χ3v) is 4.46. The molecular formula is C13H22N4OS. The Morgan fingerprint density at radius 2 is 2.42 bits per heavy atom. The minimum atomic E-state index is 0.136. The molecule has 1 aromatic heterocycles. The number of hydrogen-bond donors (Lipinski definition) is 2. The van der Waals surface area contributed by atoms with Crippen molar-refractivity contribution in [3.8, 4) is 0 Å². The first-order valence-corrected chi connectivity index (χ1v) is 7.73. The number of carbonyl (C=O) groups excluding carboxylic acids is 1. The maximum atomic E-state index is 11.3. The average molecular weight is 282 g/mol. The van der Waals surface area contributed by atoms with Gasteiger partial charge in [0.2, 0.25) is 5.91 Å². The minimum Gasteiger partial charge on any atom is -0.354 e. The summed E-state index contributed by atoms with van der Waals surface area (Å²) >= 11 is 1.72. The van der Waals surface area contributed by atoms with Crippen molar-refractivity contribution >= 4 is 22.4 Å². The molecule has 0 bridgehead atoms. The van der Waals surface area contributed by atoms with Crippen LogP contribution in [0, 0.1) is 0 Å². The first-order valence-electron chi connectivity index (χ1n) is 6.91. The summed E-state index contributed by atoms with van der Waals surface area (Å²) in [5.41, 5.74) is 0. The number of hydrogen-bond acceptors (Lipinski definition) is 5. The van der Waals surface area contributed by atoms with Gasteiger partial charge in [-0.3, -0.25) is 4.79 Å². The summed E-state index contributed by atoms with van der Waals surface area (Å²) in [7, 11) is 0. The van der Waals surface area contributed by atoms with Crippen LogP contribution in [-0.4, -0.2) is 37.1 Å². The fourth-order valence-corrected chi connectivity index (χ4v) is 3.04. The molecule has 1 atom stereocenters. The Hall–Kier alpha value is -1.14. The topological polar surface area (TPSA) is 57.3 Å². The van der Waals surface area contributed by atoms with Crippen LogP contribution in [0.25, 0.3) is 0 Å². The second-order valence-corrected chi connectivity index (χ2v) is 5.85. The summed E-state index contributed by atoms with van der Waals surface area (Å²) in [5, 5.41) is 7.38. The number of nitrogens with zero attached hydrogens (tertiary/aromatic N) is 2. The van der Waals surface area contributed by atoms with Gasteiger partial charge in [0.25, 0.3) is 0 Å². The molecule has 5 nitrogen and oxygen atoms in total. The molecule has 106 valence electrons. The monoisotopic (exact) mass is 282 g/mol. The summed E-state index contributed by atoms with van der Waals surface area (Å²) in [6.45, 7) is 7.67. The zero-order chi connectivity index (χ0) is 13.7. The Morgan fingerprint density at radius 3 is 3.21 bits per heavy atom. The van der Waals surface area contributed by atoms with E-state index in [9.17, 15) is 4.79 Å². The van der Waals surface area contributed by atoms with Gasteiger partial charge < -0.3 is 15.5 Å². The summed E-state index contributed by atoms with van der Waals surface area (Å²) in [6, 6.07) is 0.345. The summed E-state index contributed by atoms with van der Waals surface area (Å²) in [4.78, 5) is 19.3. The van der Waals surface area contributed by atoms with Gasteiger partial charge in [0.05, 0.1) is 0 Å². The van der Waals surface area contributed by atoms with E-state index in [1.165, 1.54) is 4.88 Å². The van der Waals surface area contributed by atoms with Crippen molar-refractivity contribution in [3.05, 3.63) is 11.1 Å². The molecule has 0 aliphatic carbocycles. The van der Waals surface area contributed by atoms with Crippen LogP contribution in [0.5, 0.6) is 0 Å². The Labute approximate surface area is 118 Å². The summed E-state index contributed by atoms with van der Waals surface area (Å²) in [6.07, 6.45) is 3.64. The highest BCUT2D eigenvalue weighted by Gasteiger charge is 2.17. The zero-order valence-electron chi connectivity index (χ0n) is 11.6. The van der Waals surface area contributed by atoms with E-state index in [1.807, 2.05) is 6.20 Å². The van der Waals surface area contributed by atoms with Gasteiger partial charge in [0, 0.05) is 43.2 Å². The van der Waals surface area contributed by atoms with E-state index in [2.05, 4.69) is 34.4 Å². The molecule has 1 unspecified atom stereocenters. The van der Waals surface area contributed by atoms with Crippen LogP contribution in [0.2, 0.25) is 0 Å². The van der Waals surface area contributed by atoms with Crippen molar-refractivity contribution in [3.63, 3.8) is 0 Å². The maximum Gasteiger partial charge on any atom is 0.221 e. The first-order chi connectivity index (χ1) is 9.20. The fourth-order valence-electron chi connectivity index (χ4n) is 2.04. The van der Waals surface area contributed by atoms with Crippen LogP contribution in [0.3, 0.4) is 0 Å². The van der Waals surface area contributed by atoms with Crippen molar-refractivity contribution < 1.29 is 4.79 Å². The molecule has 0 radical (unpaired) electrons. The first kappa shape index (κ1) is 14.3. The lowest BCUT2D eigenvalue weighted by molar-refractivity contribution is -0.120. The number of anilines is 1. The van der Waals surface area contributed by atoms with Crippen LogP contribution in [-0.2, 0) is 4.79 Å². The number of amides is 1. The molecular weight excluding hydrogens is 260 g/mol. The lowest BCUT2D eigenvalue weighted by Crippen LogP contribution is -2.28. The van der Waals surface area contributed by atoms with Gasteiger partial charge in [0.1, 0.15) is 0 Å². The quantitative estimate of drug-likeness (QED) is 0.860. The Balaban J connectivity index is 1.97. The van der Waals surface area contributed by atoms with Crippen LogP contribution >= 0.6 is 11.3 Å². The number of nitrogens with one attached hydrogen (secondary N) is 2. The SMILES string of the molecule is CCCNC(C)c1cnc(N2CCNC(=O)CC2)s1. The van der Waals surface area contributed by atoms with Crippen molar-refractivity contribution in [1.29, 1.82) is 0 Å². The zero-order valence-corrected chi connectivity index (χ0v) is 12.4. The van der Waals surface area contributed by atoms with Crippen LogP contribution in [0.15, 0.2) is 6.20 Å². The molecule has 1 saturated heterocycles. The van der Waals surface area contributed by atoms with Gasteiger partial charge >= 0.3 is 0 Å². The molecule has 1 aromatic rings. The maximum absolute atomic E-state index is 11.3. The molecule has 2 N–H and O–H groups in total. The van der Waals surface area contributed by atoms with Crippen LogP contribution in [0.1, 0.15) is 37.6 Å². The molecule has 0 aromatic carbocycles. The molecule has 1 aliphatic heterocycles. The third kappa shape index (κ3) is 3.91. The Kier molecular flexibility index (Phi) is 5.15. The largest absolute Gasteiger partial charge is 0.354 e. The van der Waals surface area contributed by atoms with E-state index in [-0.39, 0.29) is 5.91 Å². The minimum absolute atomic E-state index is 0.136. The molecule has 1 amide bonds. The lowest BCUT2D eigenvalue weighted by Gasteiger charge is -2.17. The van der Waals surface area contributed by atoms with Crippen molar-refractivity contribution in [2.75, 3.05) is 31.1 Å². The van der Waals surface area contributed by atoms with E-state index in [4.69, 9.17) is 0 Å². The van der Waals surface area contributed by atoms with Crippen LogP contribution < -0.4 is 15.5 Å². The second kappa shape index (κ2) is 6.86. The van der Waals surface area contributed by atoms with Crippen molar-refractivity contribution in [2.24, 2.45) is 0 Å². The van der Waals surface area contributed by atoms with Crippen molar-refractivity contribution in [1.82, 2.24) is 15.6 Å². The standard InChI is InChI=1S/C13H22N4OS/c1-3-5-14-10(2)11-9-16-13(19-11)17-7-4-12(18)15-6-8-17/h9-10,14H,3-8H2,1-2H3,(H,15,18). The van der Waals surface area contributed by atoms with E-state index < -0.39 is 0 Å². The molecule has 2 rings (SSSR count). The number of carbonyl (C=O) groups is 1. The Morgan fingerprint density at radius 1 is 1.58 bits per heavy atom. The molecule has 1 aliphatic rings. The van der Waals surface area contributed by atoms with Gasteiger partial charge in [0.15, 0.2) is 5.13 Å². The molecule has 0 saturated carbocycles.